The minimum Gasteiger partial charge on any atom is -0.512 e. The molecule has 0 saturated heterocycles. The van der Waals surface area contributed by atoms with Crippen LogP contribution in [0.1, 0.15) is 67.5 Å². The number of hydrogen-bond donors (Lipinski definition) is 3. The number of aromatic hydroxyl groups is 2. The van der Waals surface area contributed by atoms with Gasteiger partial charge in [-0.1, -0.05) is 19.1 Å². The van der Waals surface area contributed by atoms with Gasteiger partial charge in [-0.2, -0.15) is 0 Å². The van der Waals surface area contributed by atoms with Gasteiger partial charge in [-0.15, -0.1) is 0 Å². The summed E-state index contributed by atoms with van der Waals surface area (Å²) in [6, 6.07) is 5.53. The van der Waals surface area contributed by atoms with Crippen molar-refractivity contribution in [1.29, 1.82) is 0 Å². The minimum atomic E-state index is -0.731. The Morgan fingerprint density at radius 3 is 2.44 bits per heavy atom. The third kappa shape index (κ3) is 2.89. The largest absolute Gasteiger partial charge is 0.512 e. The van der Waals surface area contributed by atoms with Crippen LogP contribution in [-0.2, 0) is 0 Å². The van der Waals surface area contributed by atoms with Crippen LogP contribution in [0.3, 0.4) is 0 Å². The molecule has 0 saturated carbocycles. The molecule has 138 valence electrons. The predicted molar refractivity (Wildman–Crippen MR) is 97.8 cm³/mol. The molecule has 27 heavy (non-hydrogen) atoms. The van der Waals surface area contributed by atoms with Gasteiger partial charge < -0.3 is 15.3 Å². The van der Waals surface area contributed by atoms with Gasteiger partial charge in [-0.3, -0.25) is 14.4 Å². The topological polar surface area (TPSA) is 112 Å². The number of rotatable bonds is 4. The highest BCUT2D eigenvalue weighted by Gasteiger charge is 2.36. The van der Waals surface area contributed by atoms with E-state index in [0.29, 0.717) is 18.4 Å². The van der Waals surface area contributed by atoms with Crippen LogP contribution in [0.15, 0.2) is 36.1 Å². The van der Waals surface area contributed by atoms with Crippen molar-refractivity contribution in [3.8, 4) is 11.5 Å². The molecule has 6 nitrogen and oxygen atoms in total. The molecule has 1 aliphatic rings. The highest BCUT2D eigenvalue weighted by atomic mass is 16.3. The smallest absolute Gasteiger partial charge is 0.201 e. The molecule has 0 amide bonds. The summed E-state index contributed by atoms with van der Waals surface area (Å²) >= 11 is 0. The van der Waals surface area contributed by atoms with Gasteiger partial charge in [-0.25, -0.2) is 0 Å². The maximum atomic E-state index is 12.9. The number of benzene rings is 2. The zero-order valence-corrected chi connectivity index (χ0v) is 14.9. The second-order valence-corrected chi connectivity index (χ2v) is 6.45. The van der Waals surface area contributed by atoms with Crippen LogP contribution in [0.2, 0.25) is 0 Å². The van der Waals surface area contributed by atoms with Crippen LogP contribution in [0, 0.1) is 6.92 Å². The molecule has 3 rings (SSSR count). The summed E-state index contributed by atoms with van der Waals surface area (Å²) in [6.07, 6.45) is 1.93. The first-order valence-electron chi connectivity index (χ1n) is 8.49. The van der Waals surface area contributed by atoms with Gasteiger partial charge in [0, 0.05) is 23.6 Å². The Bertz CT molecular complexity index is 1030. The van der Waals surface area contributed by atoms with Crippen LogP contribution in [0.4, 0.5) is 0 Å². The Kier molecular flexibility index (Phi) is 4.57. The molecule has 2 aromatic carbocycles. The monoisotopic (exact) mass is 366 g/mol. The lowest BCUT2D eigenvalue weighted by Gasteiger charge is -2.21. The summed E-state index contributed by atoms with van der Waals surface area (Å²) in [6.45, 7) is 3.37. The molecule has 0 bridgehead atoms. The molecule has 0 radical (unpaired) electrons. The number of carbonyl (C=O) groups is 3. The molecule has 3 N–H and O–H groups in total. The van der Waals surface area contributed by atoms with Crippen LogP contribution in [0.25, 0.3) is 0 Å². The Morgan fingerprint density at radius 1 is 1.07 bits per heavy atom. The summed E-state index contributed by atoms with van der Waals surface area (Å²) in [7, 11) is 0. The molecule has 0 fully saturated rings. The van der Waals surface area contributed by atoms with Crippen molar-refractivity contribution in [2.45, 2.75) is 26.7 Å². The fraction of sp³-hybridized carbons (Fsp3) is 0.190. The molecular formula is C21H18O6. The number of phenols is 2. The number of hydrogen-bond acceptors (Lipinski definition) is 6. The van der Waals surface area contributed by atoms with Gasteiger partial charge in [0.05, 0.1) is 22.4 Å². The van der Waals surface area contributed by atoms with Crippen LogP contribution in [-0.4, -0.2) is 32.7 Å². The highest BCUT2D eigenvalue weighted by molar-refractivity contribution is 6.31. The van der Waals surface area contributed by atoms with Crippen molar-refractivity contribution < 1.29 is 29.7 Å². The van der Waals surface area contributed by atoms with E-state index in [1.54, 1.807) is 0 Å². The number of ketones is 3. The second kappa shape index (κ2) is 6.72. The Labute approximate surface area is 155 Å². The molecule has 0 aromatic heterocycles. The molecule has 6 heteroatoms. The lowest BCUT2D eigenvalue weighted by atomic mass is 9.80. The number of carbonyl (C=O) groups excluding carboxylic acids is 3. The average molecular weight is 366 g/mol. The summed E-state index contributed by atoms with van der Waals surface area (Å²) in [5, 5.41) is 30.4. The minimum absolute atomic E-state index is 0.0218. The highest BCUT2D eigenvalue weighted by Crippen LogP contribution is 2.39. The van der Waals surface area contributed by atoms with E-state index >= 15 is 0 Å². The lowest BCUT2D eigenvalue weighted by molar-refractivity contribution is 0.0972. The van der Waals surface area contributed by atoms with E-state index in [1.165, 1.54) is 31.2 Å². The number of aliphatic hydroxyl groups excluding tert-OH is 1. The van der Waals surface area contributed by atoms with E-state index in [-0.39, 0.29) is 39.3 Å². The van der Waals surface area contributed by atoms with E-state index in [9.17, 15) is 29.7 Å². The summed E-state index contributed by atoms with van der Waals surface area (Å²) in [5.41, 5.74) is -0.335. The number of phenolic OH excluding ortho intramolecular Hbond substituents is 2. The summed E-state index contributed by atoms with van der Waals surface area (Å²) in [4.78, 5) is 38.1. The van der Waals surface area contributed by atoms with E-state index in [1.807, 2.05) is 6.92 Å². The third-order valence-corrected chi connectivity index (χ3v) is 4.53. The van der Waals surface area contributed by atoms with E-state index < -0.39 is 23.1 Å². The molecule has 0 atom stereocenters. The van der Waals surface area contributed by atoms with Crippen LogP contribution in [0.5, 0.6) is 11.5 Å². The van der Waals surface area contributed by atoms with E-state index in [4.69, 9.17) is 0 Å². The summed E-state index contributed by atoms with van der Waals surface area (Å²) < 4.78 is 0. The molecule has 0 heterocycles. The van der Waals surface area contributed by atoms with Gasteiger partial charge in [-0.05, 0) is 31.0 Å². The quantitative estimate of drug-likeness (QED) is 0.369. The van der Waals surface area contributed by atoms with Gasteiger partial charge in [0.1, 0.15) is 11.5 Å². The van der Waals surface area contributed by atoms with Crippen molar-refractivity contribution in [2.24, 2.45) is 0 Å². The molecule has 0 unspecified atom stereocenters. The van der Waals surface area contributed by atoms with Crippen LogP contribution >= 0.6 is 0 Å². The Morgan fingerprint density at radius 2 is 1.78 bits per heavy atom. The zero-order chi connectivity index (χ0) is 19.9. The standard InChI is InChI=1S/C21H18O6/c1-3-5-11(22)9-15(24)16-10(2)8-13-18(20(16)26)21(27)17-12(19(13)25)6-4-7-14(17)23/h4,6-9,22-23,26H,3,5H2,1-2H3/b11-9-. The van der Waals surface area contributed by atoms with E-state index in [0.717, 1.165) is 6.08 Å². The SMILES string of the molecule is CCC/C(O)=C/C(=O)c1c(C)cc2c(c1O)C(=O)c1c(O)cccc1C2=O. The molecule has 0 aliphatic heterocycles. The van der Waals surface area contributed by atoms with Crippen LogP contribution < -0.4 is 0 Å². The lowest BCUT2D eigenvalue weighted by Crippen LogP contribution is -2.22. The molecule has 1 aliphatic carbocycles. The summed E-state index contributed by atoms with van der Waals surface area (Å²) in [5.74, 6) is -3.04. The molecule has 0 spiro atoms. The van der Waals surface area contributed by atoms with Crippen molar-refractivity contribution >= 4 is 17.3 Å². The molecule has 2 aromatic rings. The van der Waals surface area contributed by atoms with Crippen molar-refractivity contribution in [3.63, 3.8) is 0 Å². The predicted octanol–water partition coefficient (Wildman–Crippen LogP) is 3.61. The second-order valence-electron chi connectivity index (χ2n) is 6.45. The Hall–Kier alpha value is -3.41. The number of allylic oxidation sites excluding steroid dienone is 2. The zero-order valence-electron chi connectivity index (χ0n) is 14.9. The maximum absolute atomic E-state index is 12.9. The normalized spacial score (nSPS) is 13.3. The van der Waals surface area contributed by atoms with Gasteiger partial charge >= 0.3 is 0 Å². The first kappa shape index (κ1) is 18.4. The number of fused-ring (bicyclic) bond motifs is 2. The van der Waals surface area contributed by atoms with E-state index in [2.05, 4.69) is 0 Å². The first-order valence-corrected chi connectivity index (χ1v) is 8.49. The molecular weight excluding hydrogens is 348 g/mol. The van der Waals surface area contributed by atoms with Gasteiger partial charge in [0.15, 0.2) is 11.6 Å². The third-order valence-electron chi connectivity index (χ3n) is 4.53. The Balaban J connectivity index is 2.22. The fourth-order valence-corrected chi connectivity index (χ4v) is 3.31. The maximum Gasteiger partial charge on any atom is 0.201 e. The van der Waals surface area contributed by atoms with Gasteiger partial charge in [0.2, 0.25) is 5.78 Å². The van der Waals surface area contributed by atoms with Crippen molar-refractivity contribution in [3.05, 3.63) is 69.5 Å². The first-order chi connectivity index (χ1) is 12.8. The van der Waals surface area contributed by atoms with Crippen molar-refractivity contribution in [2.75, 3.05) is 0 Å². The fourth-order valence-electron chi connectivity index (χ4n) is 3.31. The number of aryl methyl sites for hydroxylation is 1. The number of aliphatic hydroxyl groups is 1. The average Bonchev–Trinajstić information content (AvgIpc) is 2.59. The van der Waals surface area contributed by atoms with Gasteiger partial charge in [0.25, 0.3) is 0 Å². The van der Waals surface area contributed by atoms with Crippen molar-refractivity contribution in [1.82, 2.24) is 0 Å².